The Hall–Kier alpha value is 0.911. The zero-order valence-electron chi connectivity index (χ0n) is 9.00. The predicted molar refractivity (Wildman–Crippen MR) is 44.6 cm³/mol. The number of rotatable bonds is 3. The Morgan fingerprint density at radius 2 is 1.41 bits per heavy atom. The molecule has 0 saturated carbocycles. The Bertz CT molecular complexity index is 287. The van der Waals surface area contributed by atoms with Gasteiger partial charge in [-0.1, -0.05) is 0 Å². The van der Waals surface area contributed by atoms with Crippen LogP contribution in [-0.2, 0) is 0 Å². The summed E-state index contributed by atoms with van der Waals surface area (Å²) in [7, 11) is 0. The normalized spacial score (nSPS) is 23.2. The van der Waals surface area contributed by atoms with Gasteiger partial charge >= 0.3 is 70.2 Å². The molecule has 17 heavy (non-hydrogen) atoms. The number of alkyl halides is 4. The molecule has 0 unspecified atom stereocenters. The van der Waals surface area contributed by atoms with Crippen LogP contribution >= 0.6 is 0 Å². The fraction of sp³-hybridized carbons (Fsp3) is 0.714. The number of hydrogen-bond acceptors (Lipinski definition) is 1. The molecule has 1 saturated heterocycles. The molecule has 0 bridgehead atoms. The van der Waals surface area contributed by atoms with E-state index in [9.17, 15) is 30.5 Å². The van der Waals surface area contributed by atoms with E-state index in [2.05, 4.69) is 6.58 Å². The van der Waals surface area contributed by atoms with Gasteiger partial charge in [0.2, 0.25) is 0 Å². The summed E-state index contributed by atoms with van der Waals surface area (Å²) in [5.74, 6) is -8.57. The average Bonchev–Trinajstić information content (AvgIpc) is 2.17. The first kappa shape index (κ1) is 17.9. The molecule has 0 aromatic carbocycles. The fourth-order valence-corrected chi connectivity index (χ4v) is 1.35. The van der Waals surface area contributed by atoms with Crippen molar-refractivity contribution in [1.82, 2.24) is 4.90 Å². The molecular formula is C7H8BF7KN. The van der Waals surface area contributed by atoms with Crippen LogP contribution < -0.4 is 51.4 Å². The molecule has 94 valence electrons. The van der Waals surface area contributed by atoms with Gasteiger partial charge in [0.15, 0.2) is 0 Å². The van der Waals surface area contributed by atoms with Gasteiger partial charge in [-0.15, -0.1) is 12.1 Å². The van der Waals surface area contributed by atoms with Crippen molar-refractivity contribution in [2.45, 2.75) is 11.8 Å². The Balaban J connectivity index is 0.00000256. The van der Waals surface area contributed by atoms with E-state index in [0.29, 0.717) is 4.90 Å². The SMILES string of the molecule is C=C(CN1CC(F)(F)C(F)(F)C1)[B-](F)(F)F.[K+]. The molecule has 0 radical (unpaired) electrons. The van der Waals surface area contributed by atoms with Gasteiger partial charge in [0, 0.05) is 0 Å². The summed E-state index contributed by atoms with van der Waals surface area (Å²) >= 11 is 0. The van der Waals surface area contributed by atoms with Crippen molar-refractivity contribution in [3.8, 4) is 0 Å². The Morgan fingerprint density at radius 3 is 1.71 bits per heavy atom. The van der Waals surface area contributed by atoms with Gasteiger partial charge in [-0.3, -0.25) is 4.90 Å². The molecule has 0 amide bonds. The molecule has 10 heteroatoms. The minimum Gasteiger partial charge on any atom is -0.445 e. The summed E-state index contributed by atoms with van der Waals surface area (Å²) in [6.07, 6.45) is 0. The summed E-state index contributed by atoms with van der Waals surface area (Å²) in [6.45, 7) is -6.50. The van der Waals surface area contributed by atoms with E-state index >= 15 is 0 Å². The van der Waals surface area contributed by atoms with Crippen LogP contribution in [0.15, 0.2) is 12.1 Å². The number of hydrogen-bond donors (Lipinski definition) is 0. The molecule has 0 atom stereocenters. The maximum atomic E-state index is 12.6. The van der Waals surface area contributed by atoms with E-state index < -0.39 is 43.9 Å². The van der Waals surface area contributed by atoms with Crippen molar-refractivity contribution in [2.75, 3.05) is 19.6 Å². The molecule has 0 aromatic heterocycles. The number of nitrogens with zero attached hydrogens (tertiary/aromatic N) is 1. The second-order valence-corrected chi connectivity index (χ2v) is 3.79. The van der Waals surface area contributed by atoms with Crippen LogP contribution in [0, 0.1) is 0 Å². The van der Waals surface area contributed by atoms with Crippen molar-refractivity contribution in [2.24, 2.45) is 0 Å². The van der Waals surface area contributed by atoms with Gasteiger partial charge < -0.3 is 12.9 Å². The monoisotopic (exact) mass is 289 g/mol. The largest absolute Gasteiger partial charge is 1.00 e. The second-order valence-electron chi connectivity index (χ2n) is 3.79. The molecule has 1 aliphatic rings. The molecule has 0 spiro atoms. The molecule has 1 fully saturated rings. The van der Waals surface area contributed by atoms with Crippen LogP contribution in [-0.4, -0.2) is 43.4 Å². The quantitative estimate of drug-likeness (QED) is 0.501. The van der Waals surface area contributed by atoms with Crippen LogP contribution in [0.25, 0.3) is 0 Å². The van der Waals surface area contributed by atoms with Crippen LogP contribution in [0.1, 0.15) is 0 Å². The van der Waals surface area contributed by atoms with Gasteiger partial charge in [-0.05, 0) is 6.54 Å². The van der Waals surface area contributed by atoms with Gasteiger partial charge in [0.25, 0.3) is 0 Å². The topological polar surface area (TPSA) is 3.24 Å². The van der Waals surface area contributed by atoms with Crippen molar-refractivity contribution in [3.05, 3.63) is 12.1 Å². The smallest absolute Gasteiger partial charge is 0.445 e. The summed E-state index contributed by atoms with van der Waals surface area (Å²) in [4.78, 5) is 0.359. The van der Waals surface area contributed by atoms with E-state index in [-0.39, 0.29) is 51.4 Å². The van der Waals surface area contributed by atoms with E-state index in [4.69, 9.17) is 0 Å². The zero-order chi connectivity index (χ0) is 12.8. The second kappa shape index (κ2) is 5.50. The zero-order valence-corrected chi connectivity index (χ0v) is 12.1. The van der Waals surface area contributed by atoms with Crippen molar-refractivity contribution < 1.29 is 81.9 Å². The Morgan fingerprint density at radius 1 is 1.06 bits per heavy atom. The van der Waals surface area contributed by atoms with Crippen molar-refractivity contribution in [3.63, 3.8) is 0 Å². The maximum Gasteiger partial charge on any atom is 1.00 e. The van der Waals surface area contributed by atoms with E-state index in [1.807, 2.05) is 0 Å². The predicted octanol–water partition coefficient (Wildman–Crippen LogP) is -0.481. The first-order valence-electron chi connectivity index (χ1n) is 4.31. The molecule has 0 N–H and O–H groups in total. The summed E-state index contributed by atoms with van der Waals surface area (Å²) in [6, 6.07) is 0. The van der Waals surface area contributed by atoms with E-state index in [1.165, 1.54) is 0 Å². The van der Waals surface area contributed by atoms with Crippen molar-refractivity contribution in [1.29, 1.82) is 0 Å². The molecule has 0 aliphatic carbocycles. The van der Waals surface area contributed by atoms with Gasteiger partial charge in [0.1, 0.15) is 0 Å². The third-order valence-electron chi connectivity index (χ3n) is 2.27. The van der Waals surface area contributed by atoms with Crippen LogP contribution in [0.5, 0.6) is 0 Å². The average molecular weight is 289 g/mol. The minimum absolute atomic E-state index is 0. The minimum atomic E-state index is -5.38. The standard InChI is InChI=1S/C7H8BF7N.K/c1-5(8(13,14)15)2-16-3-6(9,10)7(11,12)4-16;/h1-4H2;/q-1;+1. The Kier molecular flexibility index (Phi) is 5.79. The molecule has 1 rings (SSSR count). The summed E-state index contributed by atoms with van der Waals surface area (Å²) < 4.78 is 86.6. The Labute approximate surface area is 136 Å². The summed E-state index contributed by atoms with van der Waals surface area (Å²) in [5.41, 5.74) is -1.26. The van der Waals surface area contributed by atoms with Crippen LogP contribution in [0.3, 0.4) is 0 Å². The molecule has 0 aromatic rings. The van der Waals surface area contributed by atoms with Crippen LogP contribution in [0.4, 0.5) is 30.5 Å². The van der Waals surface area contributed by atoms with Gasteiger partial charge in [-0.25, -0.2) is 0 Å². The molecule has 1 aliphatic heterocycles. The number of halogens is 7. The molecular weight excluding hydrogens is 281 g/mol. The summed E-state index contributed by atoms with van der Waals surface area (Å²) in [5, 5.41) is 0. The fourth-order valence-electron chi connectivity index (χ4n) is 1.35. The maximum absolute atomic E-state index is 12.6. The third kappa shape index (κ3) is 4.20. The van der Waals surface area contributed by atoms with E-state index in [1.54, 1.807) is 0 Å². The van der Waals surface area contributed by atoms with E-state index in [0.717, 1.165) is 0 Å². The first-order valence-corrected chi connectivity index (χ1v) is 4.31. The number of likely N-dealkylation sites (tertiary alicyclic amines) is 1. The van der Waals surface area contributed by atoms with Crippen LogP contribution in [0.2, 0.25) is 0 Å². The third-order valence-corrected chi connectivity index (χ3v) is 2.27. The molecule has 1 heterocycles. The molecule has 1 nitrogen and oxygen atoms in total. The first-order chi connectivity index (χ1) is 6.96. The van der Waals surface area contributed by atoms with Gasteiger partial charge in [0.05, 0.1) is 13.1 Å². The van der Waals surface area contributed by atoms with Gasteiger partial charge in [-0.2, -0.15) is 17.6 Å². The van der Waals surface area contributed by atoms with Crippen molar-refractivity contribution >= 4 is 6.98 Å².